The minimum absolute atomic E-state index is 0.0127. The highest BCUT2D eigenvalue weighted by molar-refractivity contribution is 7.13. The Bertz CT molecular complexity index is 1510. The van der Waals surface area contributed by atoms with Crippen molar-refractivity contribution in [1.82, 2.24) is 14.8 Å². The number of thiophene rings is 1. The summed E-state index contributed by atoms with van der Waals surface area (Å²) in [6.07, 6.45) is 5.11. The Morgan fingerprint density at radius 1 is 1.03 bits per heavy atom. The van der Waals surface area contributed by atoms with Crippen LogP contribution >= 0.6 is 11.3 Å². The van der Waals surface area contributed by atoms with Crippen LogP contribution in [0, 0.1) is 11.3 Å². The number of pyridine rings is 1. The molecular formula is C26H17N5OS. The molecule has 1 amide bonds. The van der Waals surface area contributed by atoms with Gasteiger partial charge in [0.15, 0.2) is 0 Å². The van der Waals surface area contributed by atoms with Gasteiger partial charge in [-0.1, -0.05) is 30.3 Å². The number of hydrogen-bond acceptors (Lipinski definition) is 5. The Balaban J connectivity index is 1.53. The van der Waals surface area contributed by atoms with Crippen LogP contribution in [-0.2, 0) is 4.79 Å². The fourth-order valence-electron chi connectivity index (χ4n) is 3.52. The van der Waals surface area contributed by atoms with Gasteiger partial charge in [0, 0.05) is 23.3 Å². The third-order valence-electron chi connectivity index (χ3n) is 5.08. The van der Waals surface area contributed by atoms with Gasteiger partial charge < -0.3 is 5.32 Å². The van der Waals surface area contributed by atoms with Crippen LogP contribution in [0.2, 0.25) is 0 Å². The molecule has 0 unspecified atom stereocenters. The van der Waals surface area contributed by atoms with Crippen molar-refractivity contribution in [3.8, 4) is 22.3 Å². The van der Waals surface area contributed by atoms with Gasteiger partial charge in [0.25, 0.3) is 5.91 Å². The standard InChI is InChI=1S/C26H17N5OS/c27-16-18(26(32)29-23-11-4-10-22-21(23)9-5-13-28-22)15-19-17-31(20-7-2-1-3-8-20)30-25(19)24-12-6-14-33-24/h1-15,17H,(H,29,32)/b18-15-. The van der Waals surface area contributed by atoms with Gasteiger partial charge in [0.1, 0.15) is 17.3 Å². The van der Waals surface area contributed by atoms with Gasteiger partial charge in [-0.05, 0) is 53.9 Å². The molecule has 0 saturated heterocycles. The molecule has 158 valence electrons. The summed E-state index contributed by atoms with van der Waals surface area (Å²) in [5.74, 6) is -0.488. The molecule has 3 aromatic heterocycles. The van der Waals surface area contributed by atoms with Crippen molar-refractivity contribution in [2.45, 2.75) is 0 Å². The van der Waals surface area contributed by atoms with E-state index in [0.717, 1.165) is 21.5 Å². The van der Waals surface area contributed by atoms with Gasteiger partial charge >= 0.3 is 0 Å². The fourth-order valence-corrected chi connectivity index (χ4v) is 4.25. The summed E-state index contributed by atoms with van der Waals surface area (Å²) in [7, 11) is 0. The summed E-state index contributed by atoms with van der Waals surface area (Å²) in [6.45, 7) is 0. The molecule has 0 radical (unpaired) electrons. The lowest BCUT2D eigenvalue weighted by atomic mass is 10.1. The second-order valence-corrected chi connectivity index (χ2v) is 8.14. The second-order valence-electron chi connectivity index (χ2n) is 7.19. The highest BCUT2D eigenvalue weighted by Gasteiger charge is 2.16. The first-order chi connectivity index (χ1) is 16.2. The summed E-state index contributed by atoms with van der Waals surface area (Å²) < 4.78 is 1.75. The molecule has 1 N–H and O–H groups in total. The SMILES string of the molecule is N#C/C(=C/c1cn(-c2ccccc2)nc1-c1cccs1)C(=O)Nc1cccc2ncccc12. The number of nitrogens with zero attached hydrogens (tertiary/aromatic N) is 4. The smallest absolute Gasteiger partial charge is 0.266 e. The van der Waals surface area contributed by atoms with Crippen LogP contribution in [0.4, 0.5) is 5.69 Å². The maximum Gasteiger partial charge on any atom is 0.266 e. The number of anilines is 1. The summed E-state index contributed by atoms with van der Waals surface area (Å²) in [6, 6.07) is 24.8. The third-order valence-corrected chi connectivity index (χ3v) is 5.95. The quantitative estimate of drug-likeness (QED) is 0.277. The number of nitriles is 1. The summed E-state index contributed by atoms with van der Waals surface area (Å²) >= 11 is 1.55. The van der Waals surface area contributed by atoms with E-state index in [-0.39, 0.29) is 5.57 Å². The molecule has 0 fully saturated rings. The lowest BCUT2D eigenvalue weighted by Gasteiger charge is -2.07. The Hall–Kier alpha value is -4.54. The highest BCUT2D eigenvalue weighted by atomic mass is 32.1. The van der Waals surface area contributed by atoms with Crippen molar-refractivity contribution in [3.63, 3.8) is 0 Å². The Kier molecular flexibility index (Phi) is 5.50. The molecule has 5 rings (SSSR count). The zero-order chi connectivity index (χ0) is 22.6. The molecule has 5 aromatic rings. The molecule has 3 heterocycles. The van der Waals surface area contributed by atoms with E-state index in [1.54, 1.807) is 34.4 Å². The van der Waals surface area contributed by atoms with E-state index in [2.05, 4.69) is 10.3 Å². The van der Waals surface area contributed by atoms with Gasteiger partial charge in [-0.3, -0.25) is 9.78 Å². The molecule has 0 spiro atoms. The number of benzene rings is 2. The Morgan fingerprint density at radius 3 is 2.70 bits per heavy atom. The molecule has 0 aliphatic heterocycles. The molecule has 0 saturated carbocycles. The van der Waals surface area contributed by atoms with E-state index in [1.807, 2.05) is 84.4 Å². The molecule has 33 heavy (non-hydrogen) atoms. The largest absolute Gasteiger partial charge is 0.321 e. The number of carbonyl (C=O) groups is 1. The summed E-state index contributed by atoms with van der Waals surface area (Å²) in [4.78, 5) is 18.3. The summed E-state index contributed by atoms with van der Waals surface area (Å²) in [5, 5.41) is 20.1. The van der Waals surface area contributed by atoms with Crippen LogP contribution in [0.15, 0.2) is 96.1 Å². The van der Waals surface area contributed by atoms with Crippen molar-refractivity contribution < 1.29 is 4.79 Å². The van der Waals surface area contributed by atoms with Gasteiger partial charge in [0.05, 0.1) is 21.8 Å². The van der Waals surface area contributed by atoms with Crippen LogP contribution in [0.1, 0.15) is 5.56 Å². The number of rotatable bonds is 5. The van der Waals surface area contributed by atoms with E-state index in [9.17, 15) is 10.1 Å². The fraction of sp³-hybridized carbons (Fsp3) is 0. The predicted molar refractivity (Wildman–Crippen MR) is 131 cm³/mol. The molecule has 0 aliphatic rings. The monoisotopic (exact) mass is 447 g/mol. The van der Waals surface area contributed by atoms with E-state index in [0.29, 0.717) is 16.9 Å². The van der Waals surface area contributed by atoms with Crippen molar-refractivity contribution >= 4 is 39.9 Å². The average Bonchev–Trinajstić information content (AvgIpc) is 3.53. The molecular weight excluding hydrogens is 430 g/mol. The molecule has 2 aromatic carbocycles. The highest BCUT2D eigenvalue weighted by Crippen LogP contribution is 2.29. The molecule has 0 bridgehead atoms. The first kappa shape index (κ1) is 20.4. The zero-order valence-electron chi connectivity index (χ0n) is 17.3. The number of nitrogens with one attached hydrogen (secondary N) is 1. The van der Waals surface area contributed by atoms with E-state index in [4.69, 9.17) is 5.10 Å². The second kappa shape index (κ2) is 8.91. The van der Waals surface area contributed by atoms with Crippen LogP contribution in [0.25, 0.3) is 33.2 Å². The third kappa shape index (κ3) is 4.15. The summed E-state index contributed by atoms with van der Waals surface area (Å²) in [5.41, 5.74) is 3.64. The van der Waals surface area contributed by atoms with Gasteiger partial charge in [-0.15, -0.1) is 11.3 Å². The number of para-hydroxylation sites is 1. The number of fused-ring (bicyclic) bond motifs is 1. The molecule has 0 aliphatic carbocycles. The van der Waals surface area contributed by atoms with Gasteiger partial charge in [-0.25, -0.2) is 4.68 Å². The molecule has 7 heteroatoms. The maximum absolute atomic E-state index is 13.0. The molecule has 6 nitrogen and oxygen atoms in total. The number of aromatic nitrogens is 3. The number of amides is 1. The minimum atomic E-state index is -0.488. The lowest BCUT2D eigenvalue weighted by molar-refractivity contribution is -0.112. The van der Waals surface area contributed by atoms with Crippen molar-refractivity contribution in [1.29, 1.82) is 5.26 Å². The average molecular weight is 448 g/mol. The first-order valence-corrected chi connectivity index (χ1v) is 11.1. The Morgan fingerprint density at radius 2 is 1.91 bits per heavy atom. The van der Waals surface area contributed by atoms with Crippen molar-refractivity contribution in [2.24, 2.45) is 0 Å². The number of hydrogen-bond donors (Lipinski definition) is 1. The predicted octanol–water partition coefficient (Wildman–Crippen LogP) is 5.69. The molecule has 0 atom stereocenters. The normalized spacial score (nSPS) is 11.3. The topological polar surface area (TPSA) is 83.6 Å². The maximum atomic E-state index is 13.0. The van der Waals surface area contributed by atoms with E-state index < -0.39 is 5.91 Å². The first-order valence-electron chi connectivity index (χ1n) is 10.2. The number of carbonyl (C=O) groups excluding carboxylic acids is 1. The van der Waals surface area contributed by atoms with E-state index in [1.165, 1.54) is 0 Å². The van der Waals surface area contributed by atoms with Crippen molar-refractivity contribution in [2.75, 3.05) is 5.32 Å². The lowest BCUT2D eigenvalue weighted by Crippen LogP contribution is -2.13. The zero-order valence-corrected chi connectivity index (χ0v) is 18.2. The van der Waals surface area contributed by atoms with Gasteiger partial charge in [0.2, 0.25) is 0 Å². The van der Waals surface area contributed by atoms with Crippen LogP contribution < -0.4 is 5.32 Å². The van der Waals surface area contributed by atoms with E-state index >= 15 is 0 Å². The van der Waals surface area contributed by atoms with Crippen LogP contribution in [0.3, 0.4) is 0 Å². The Labute approximate surface area is 194 Å². The van der Waals surface area contributed by atoms with Crippen molar-refractivity contribution in [3.05, 3.63) is 102 Å². The van der Waals surface area contributed by atoms with Gasteiger partial charge in [-0.2, -0.15) is 10.4 Å². The van der Waals surface area contributed by atoms with Crippen LogP contribution in [-0.4, -0.2) is 20.7 Å². The van der Waals surface area contributed by atoms with Crippen LogP contribution in [0.5, 0.6) is 0 Å². The minimum Gasteiger partial charge on any atom is -0.321 e.